The summed E-state index contributed by atoms with van der Waals surface area (Å²) in [5.74, 6) is -1.05. The summed E-state index contributed by atoms with van der Waals surface area (Å²) in [6, 6.07) is 12.7. The Bertz CT molecular complexity index is 749. The number of carbonyl (C=O) groups excluding carboxylic acids is 2. The van der Waals surface area contributed by atoms with E-state index in [2.05, 4.69) is 6.58 Å². The second-order valence-corrected chi connectivity index (χ2v) is 4.66. The van der Waals surface area contributed by atoms with Crippen molar-refractivity contribution in [1.29, 1.82) is 0 Å². The van der Waals surface area contributed by atoms with Crippen molar-refractivity contribution in [3.05, 3.63) is 60.7 Å². The van der Waals surface area contributed by atoms with Crippen molar-refractivity contribution in [2.75, 3.05) is 0 Å². The number of phenols is 1. The van der Waals surface area contributed by atoms with Crippen LogP contribution < -0.4 is 9.47 Å². The Morgan fingerprint density at radius 2 is 1.61 bits per heavy atom. The van der Waals surface area contributed by atoms with Crippen molar-refractivity contribution in [1.82, 2.24) is 0 Å². The van der Waals surface area contributed by atoms with Gasteiger partial charge in [0.15, 0.2) is 11.5 Å². The van der Waals surface area contributed by atoms with E-state index in [1.54, 1.807) is 43.3 Å². The summed E-state index contributed by atoms with van der Waals surface area (Å²) < 4.78 is 10.3. The highest BCUT2D eigenvalue weighted by molar-refractivity contribution is 6.17. The van der Waals surface area contributed by atoms with Crippen LogP contribution in [0.3, 0.4) is 0 Å². The number of carbonyl (C=O) groups is 2. The lowest BCUT2D eigenvalue weighted by atomic mass is 10.1. The maximum atomic E-state index is 12.2. The molecule has 0 aliphatic rings. The fraction of sp³-hybridized carbons (Fsp3) is 0.111. The largest absolute Gasteiger partial charge is 0.504 e. The van der Waals surface area contributed by atoms with Crippen LogP contribution in [0.15, 0.2) is 55.1 Å². The summed E-state index contributed by atoms with van der Waals surface area (Å²) in [5.41, 5.74) is 0.377. The van der Waals surface area contributed by atoms with Gasteiger partial charge in [0.25, 0.3) is 0 Å². The first-order chi connectivity index (χ1) is 11.0. The van der Waals surface area contributed by atoms with E-state index in [0.717, 1.165) is 0 Å². The van der Waals surface area contributed by atoms with Crippen molar-refractivity contribution in [2.24, 2.45) is 0 Å². The van der Waals surface area contributed by atoms with Gasteiger partial charge in [0.05, 0.1) is 5.57 Å². The minimum absolute atomic E-state index is 0.0211. The van der Waals surface area contributed by atoms with Gasteiger partial charge in [-0.2, -0.15) is 0 Å². The summed E-state index contributed by atoms with van der Waals surface area (Å²) in [5, 5.41) is 9.64. The minimum Gasteiger partial charge on any atom is -0.504 e. The zero-order valence-electron chi connectivity index (χ0n) is 12.6. The maximum Gasteiger partial charge on any atom is 0.343 e. The van der Waals surface area contributed by atoms with Crippen LogP contribution in [0.4, 0.5) is 0 Å². The monoisotopic (exact) mass is 312 g/mol. The molecule has 118 valence electrons. The van der Waals surface area contributed by atoms with E-state index in [9.17, 15) is 14.7 Å². The van der Waals surface area contributed by atoms with E-state index in [-0.39, 0.29) is 29.2 Å². The highest BCUT2D eigenvalue weighted by Crippen LogP contribution is 2.29. The molecule has 0 aromatic heterocycles. The molecular weight excluding hydrogens is 296 g/mol. The Morgan fingerprint density at radius 3 is 2.26 bits per heavy atom. The molecule has 0 amide bonds. The van der Waals surface area contributed by atoms with Crippen LogP contribution in [0.5, 0.6) is 17.2 Å². The summed E-state index contributed by atoms with van der Waals surface area (Å²) in [6.45, 7) is 5.37. The van der Waals surface area contributed by atoms with Gasteiger partial charge < -0.3 is 14.6 Å². The topological polar surface area (TPSA) is 72.8 Å². The molecule has 0 saturated carbocycles. The third-order valence-electron chi connectivity index (χ3n) is 3.04. The van der Waals surface area contributed by atoms with Crippen LogP contribution in [0.25, 0.3) is 5.57 Å². The molecule has 0 aliphatic heterocycles. The Kier molecular flexibility index (Phi) is 5.15. The molecule has 0 fully saturated rings. The smallest absolute Gasteiger partial charge is 0.343 e. The Labute approximate surface area is 133 Å². The molecule has 0 bridgehead atoms. The van der Waals surface area contributed by atoms with Gasteiger partial charge in [0.1, 0.15) is 5.75 Å². The van der Waals surface area contributed by atoms with E-state index in [1.165, 1.54) is 12.1 Å². The van der Waals surface area contributed by atoms with Crippen LogP contribution in [0.2, 0.25) is 0 Å². The molecule has 0 atom stereocenters. The van der Waals surface area contributed by atoms with Crippen molar-refractivity contribution < 1.29 is 24.2 Å². The number of phenolic OH excluding ortho intramolecular Hbond substituents is 1. The molecule has 0 aliphatic carbocycles. The second-order valence-electron chi connectivity index (χ2n) is 4.66. The maximum absolute atomic E-state index is 12.2. The first kappa shape index (κ1) is 16.3. The lowest BCUT2D eigenvalue weighted by molar-refractivity contribution is -0.134. The third-order valence-corrected chi connectivity index (χ3v) is 3.04. The highest BCUT2D eigenvalue weighted by Gasteiger charge is 2.18. The number of para-hydroxylation sites is 3. The number of benzene rings is 2. The minimum atomic E-state index is -0.744. The molecule has 23 heavy (non-hydrogen) atoms. The fourth-order valence-corrected chi connectivity index (χ4v) is 1.81. The van der Waals surface area contributed by atoms with E-state index in [1.807, 2.05) is 0 Å². The molecule has 0 heterocycles. The van der Waals surface area contributed by atoms with Gasteiger partial charge in [-0.25, -0.2) is 4.79 Å². The van der Waals surface area contributed by atoms with Crippen LogP contribution in [-0.2, 0) is 9.59 Å². The summed E-state index contributed by atoms with van der Waals surface area (Å²) in [4.78, 5) is 23.7. The first-order valence-corrected chi connectivity index (χ1v) is 7.02. The van der Waals surface area contributed by atoms with E-state index < -0.39 is 11.9 Å². The number of hydrogen-bond donors (Lipinski definition) is 1. The van der Waals surface area contributed by atoms with Crippen molar-refractivity contribution >= 4 is 17.5 Å². The quantitative estimate of drug-likeness (QED) is 0.521. The zero-order chi connectivity index (χ0) is 16.8. The van der Waals surface area contributed by atoms with E-state index in [0.29, 0.717) is 5.56 Å². The van der Waals surface area contributed by atoms with E-state index >= 15 is 0 Å². The molecule has 1 N–H and O–H groups in total. The molecule has 2 rings (SSSR count). The second kappa shape index (κ2) is 7.26. The Hall–Kier alpha value is -3.08. The first-order valence-electron chi connectivity index (χ1n) is 7.02. The summed E-state index contributed by atoms with van der Waals surface area (Å²) in [7, 11) is 0. The van der Waals surface area contributed by atoms with Crippen molar-refractivity contribution in [3.8, 4) is 17.2 Å². The standard InChI is InChI=1S/C18H16O5/c1-3-17(20)22-15-10-6-4-8-13(15)12(2)18(21)23-16-11-7-5-9-14(16)19/h4-11,19H,2-3H2,1H3. The number of ether oxygens (including phenoxy) is 2. The van der Waals surface area contributed by atoms with Crippen LogP contribution in [0.1, 0.15) is 18.9 Å². The molecule has 2 aromatic carbocycles. The molecule has 2 aromatic rings. The Morgan fingerprint density at radius 1 is 1.00 bits per heavy atom. The summed E-state index contributed by atoms with van der Waals surface area (Å²) >= 11 is 0. The van der Waals surface area contributed by atoms with Crippen LogP contribution in [-0.4, -0.2) is 17.0 Å². The molecule has 5 nitrogen and oxygen atoms in total. The third kappa shape index (κ3) is 3.97. The van der Waals surface area contributed by atoms with Crippen molar-refractivity contribution in [2.45, 2.75) is 13.3 Å². The molecule has 0 saturated heterocycles. The zero-order valence-corrected chi connectivity index (χ0v) is 12.6. The van der Waals surface area contributed by atoms with Gasteiger partial charge in [-0.05, 0) is 18.2 Å². The van der Waals surface area contributed by atoms with Crippen LogP contribution >= 0.6 is 0 Å². The number of rotatable bonds is 5. The molecular formula is C18H16O5. The summed E-state index contributed by atoms with van der Waals surface area (Å²) in [6.07, 6.45) is 0.211. The lowest BCUT2D eigenvalue weighted by Crippen LogP contribution is -2.12. The molecule has 0 radical (unpaired) electrons. The highest BCUT2D eigenvalue weighted by atomic mass is 16.5. The van der Waals surface area contributed by atoms with Gasteiger partial charge in [0.2, 0.25) is 0 Å². The van der Waals surface area contributed by atoms with Crippen molar-refractivity contribution in [3.63, 3.8) is 0 Å². The van der Waals surface area contributed by atoms with Gasteiger partial charge >= 0.3 is 11.9 Å². The Balaban J connectivity index is 2.21. The van der Waals surface area contributed by atoms with Gasteiger partial charge in [-0.3, -0.25) is 4.79 Å². The number of esters is 2. The molecule has 0 spiro atoms. The average molecular weight is 312 g/mol. The van der Waals surface area contributed by atoms with Crippen LogP contribution in [0, 0.1) is 0 Å². The fourth-order valence-electron chi connectivity index (χ4n) is 1.81. The average Bonchev–Trinajstić information content (AvgIpc) is 2.56. The van der Waals surface area contributed by atoms with E-state index in [4.69, 9.17) is 9.47 Å². The SMILES string of the molecule is C=C(C(=O)Oc1ccccc1O)c1ccccc1OC(=O)CC. The van der Waals surface area contributed by atoms with Gasteiger partial charge in [-0.15, -0.1) is 0 Å². The predicted molar refractivity (Wildman–Crippen MR) is 85.1 cm³/mol. The molecule has 0 unspecified atom stereocenters. The number of aromatic hydroxyl groups is 1. The van der Waals surface area contributed by atoms with Gasteiger partial charge in [-0.1, -0.05) is 43.8 Å². The normalized spacial score (nSPS) is 9.96. The number of hydrogen-bond acceptors (Lipinski definition) is 5. The lowest BCUT2D eigenvalue weighted by Gasteiger charge is -2.12. The molecule has 5 heteroatoms. The van der Waals surface area contributed by atoms with Gasteiger partial charge in [0, 0.05) is 12.0 Å². The predicted octanol–water partition coefficient (Wildman–Crippen LogP) is 3.33.